The largest absolute Gasteiger partial charge is 0.465 e. The van der Waals surface area contributed by atoms with Gasteiger partial charge in [0.25, 0.3) is 0 Å². The number of hydrogen-bond acceptors (Lipinski definition) is 5. The van der Waals surface area contributed by atoms with E-state index in [9.17, 15) is 18.8 Å². The van der Waals surface area contributed by atoms with Crippen LogP contribution in [0.25, 0.3) is 0 Å². The van der Waals surface area contributed by atoms with Gasteiger partial charge in [-0.05, 0) is 49.7 Å². The fourth-order valence-electron chi connectivity index (χ4n) is 3.15. The summed E-state index contributed by atoms with van der Waals surface area (Å²) in [5.74, 6) is -0.968. The third kappa shape index (κ3) is 4.88. The van der Waals surface area contributed by atoms with E-state index in [1.54, 1.807) is 32.0 Å². The Morgan fingerprint density at radius 2 is 1.90 bits per heavy atom. The summed E-state index contributed by atoms with van der Waals surface area (Å²) in [7, 11) is 1.25. The van der Waals surface area contributed by atoms with Crippen LogP contribution < -0.4 is 10.6 Å². The molecule has 0 bridgehead atoms. The van der Waals surface area contributed by atoms with Crippen molar-refractivity contribution in [3.8, 4) is 0 Å². The van der Waals surface area contributed by atoms with Crippen LogP contribution in [0.15, 0.2) is 42.5 Å². The fraction of sp³-hybridized carbons (Fsp3) is 0.286. The van der Waals surface area contributed by atoms with Crippen molar-refractivity contribution in [1.29, 1.82) is 0 Å². The van der Waals surface area contributed by atoms with Crippen LogP contribution in [-0.2, 0) is 11.3 Å². The standard InChI is InChI=1S/C21H22ClFN4O4/c1-12(2)27-20(29)25-19(24-15-8-9-16(17(22)10-15)18(28)31-3)26(21(27)30)11-13-4-6-14(23)7-5-13/h4-10,12,19,24H,11H2,1-3H3,(H,25,29). The van der Waals surface area contributed by atoms with Gasteiger partial charge in [0.1, 0.15) is 5.82 Å². The van der Waals surface area contributed by atoms with E-state index in [-0.39, 0.29) is 29.0 Å². The zero-order chi connectivity index (χ0) is 22.7. The summed E-state index contributed by atoms with van der Waals surface area (Å²) in [6, 6.07) is 8.88. The van der Waals surface area contributed by atoms with Crippen LogP contribution in [0, 0.1) is 5.82 Å². The number of benzene rings is 2. The van der Waals surface area contributed by atoms with Crippen molar-refractivity contribution in [2.75, 3.05) is 12.4 Å². The molecule has 1 saturated heterocycles. The number of urea groups is 2. The van der Waals surface area contributed by atoms with Gasteiger partial charge in [0.2, 0.25) is 0 Å². The van der Waals surface area contributed by atoms with Gasteiger partial charge in [-0.3, -0.25) is 10.2 Å². The van der Waals surface area contributed by atoms with Crippen LogP contribution in [0.4, 0.5) is 19.7 Å². The number of halogens is 2. The van der Waals surface area contributed by atoms with E-state index >= 15 is 0 Å². The van der Waals surface area contributed by atoms with E-state index < -0.39 is 24.3 Å². The van der Waals surface area contributed by atoms with Crippen LogP contribution in [0.5, 0.6) is 0 Å². The summed E-state index contributed by atoms with van der Waals surface area (Å²) >= 11 is 6.17. The molecule has 0 aliphatic carbocycles. The molecule has 2 N–H and O–H groups in total. The second-order valence-corrected chi connectivity index (χ2v) is 7.59. The minimum Gasteiger partial charge on any atom is -0.465 e. The van der Waals surface area contributed by atoms with Crippen LogP contribution in [-0.4, -0.2) is 47.3 Å². The van der Waals surface area contributed by atoms with Crippen molar-refractivity contribution in [1.82, 2.24) is 15.1 Å². The Hall–Kier alpha value is -3.33. The number of amides is 4. The zero-order valence-corrected chi connectivity index (χ0v) is 17.9. The number of anilines is 1. The second-order valence-electron chi connectivity index (χ2n) is 7.18. The molecule has 31 heavy (non-hydrogen) atoms. The summed E-state index contributed by atoms with van der Waals surface area (Å²) in [4.78, 5) is 39.9. The highest BCUT2D eigenvalue weighted by atomic mass is 35.5. The van der Waals surface area contributed by atoms with Crippen molar-refractivity contribution in [2.24, 2.45) is 0 Å². The first-order valence-corrected chi connectivity index (χ1v) is 9.88. The molecule has 10 heteroatoms. The van der Waals surface area contributed by atoms with E-state index in [0.717, 1.165) is 4.90 Å². The number of imide groups is 1. The van der Waals surface area contributed by atoms with Crippen molar-refractivity contribution in [3.05, 3.63) is 64.4 Å². The number of carbonyl (C=O) groups excluding carboxylic acids is 3. The predicted molar refractivity (Wildman–Crippen MR) is 113 cm³/mol. The highest BCUT2D eigenvalue weighted by Gasteiger charge is 2.39. The van der Waals surface area contributed by atoms with E-state index in [4.69, 9.17) is 11.6 Å². The maximum Gasteiger partial charge on any atom is 0.339 e. The molecule has 1 fully saturated rings. The summed E-state index contributed by atoms with van der Waals surface area (Å²) in [6.07, 6.45) is -0.903. The molecular formula is C21H22ClFN4O4. The maximum absolute atomic E-state index is 13.3. The Balaban J connectivity index is 1.89. The van der Waals surface area contributed by atoms with E-state index in [0.29, 0.717) is 11.3 Å². The van der Waals surface area contributed by atoms with E-state index in [1.165, 1.54) is 36.3 Å². The molecule has 2 aromatic carbocycles. The highest BCUT2D eigenvalue weighted by Crippen LogP contribution is 2.24. The minimum atomic E-state index is -0.903. The van der Waals surface area contributed by atoms with Crippen LogP contribution >= 0.6 is 11.6 Å². The van der Waals surface area contributed by atoms with E-state index in [1.807, 2.05) is 0 Å². The molecule has 1 aliphatic rings. The lowest BCUT2D eigenvalue weighted by Crippen LogP contribution is -2.68. The molecule has 1 atom stereocenters. The number of rotatable bonds is 6. The second kappa shape index (κ2) is 9.22. The van der Waals surface area contributed by atoms with Gasteiger partial charge in [0.15, 0.2) is 6.29 Å². The van der Waals surface area contributed by atoms with Gasteiger partial charge < -0.3 is 10.1 Å². The Bertz CT molecular complexity index is 999. The summed E-state index contributed by atoms with van der Waals surface area (Å²) in [5, 5.41) is 5.94. The number of carbonyl (C=O) groups is 3. The molecule has 0 radical (unpaired) electrons. The lowest BCUT2D eigenvalue weighted by molar-refractivity contribution is 0.0600. The van der Waals surface area contributed by atoms with Gasteiger partial charge in [-0.25, -0.2) is 23.7 Å². The molecule has 1 unspecified atom stereocenters. The molecule has 0 saturated carbocycles. The number of esters is 1. The number of nitrogens with zero attached hydrogens (tertiary/aromatic N) is 2. The number of hydrogen-bond donors (Lipinski definition) is 2. The van der Waals surface area contributed by atoms with E-state index in [2.05, 4.69) is 15.4 Å². The summed E-state index contributed by atoms with van der Waals surface area (Å²) in [6.45, 7) is 3.58. The Morgan fingerprint density at radius 1 is 1.23 bits per heavy atom. The average molecular weight is 449 g/mol. The van der Waals surface area contributed by atoms with Gasteiger partial charge in [-0.1, -0.05) is 23.7 Å². The first-order chi connectivity index (χ1) is 14.7. The van der Waals surface area contributed by atoms with Crippen molar-refractivity contribution < 1.29 is 23.5 Å². The third-order valence-corrected chi connectivity index (χ3v) is 5.02. The van der Waals surface area contributed by atoms with Crippen LogP contribution in [0.1, 0.15) is 29.8 Å². The fourth-order valence-corrected chi connectivity index (χ4v) is 3.41. The monoisotopic (exact) mass is 448 g/mol. The maximum atomic E-state index is 13.3. The smallest absolute Gasteiger partial charge is 0.339 e. The molecule has 1 heterocycles. The van der Waals surface area contributed by atoms with Crippen molar-refractivity contribution >= 4 is 35.3 Å². The normalized spacial score (nSPS) is 16.4. The van der Waals surface area contributed by atoms with Crippen molar-refractivity contribution in [3.63, 3.8) is 0 Å². The lowest BCUT2D eigenvalue weighted by atomic mass is 10.2. The molecular weight excluding hydrogens is 427 g/mol. The molecule has 2 aromatic rings. The van der Waals surface area contributed by atoms with Gasteiger partial charge in [0, 0.05) is 11.7 Å². The Kier molecular flexibility index (Phi) is 6.65. The van der Waals surface area contributed by atoms with Gasteiger partial charge in [-0.15, -0.1) is 0 Å². The highest BCUT2D eigenvalue weighted by molar-refractivity contribution is 6.33. The SMILES string of the molecule is COC(=O)c1ccc(NC2NC(=O)N(C(C)C)C(=O)N2Cc2ccc(F)cc2)cc1Cl. The first-order valence-electron chi connectivity index (χ1n) is 9.50. The molecule has 1 aliphatic heterocycles. The minimum absolute atomic E-state index is 0.119. The molecule has 4 amide bonds. The number of methoxy groups -OCH3 is 1. The molecule has 164 valence electrons. The molecule has 0 aromatic heterocycles. The molecule has 0 spiro atoms. The van der Waals surface area contributed by atoms with Gasteiger partial charge in [0.05, 0.1) is 24.2 Å². The van der Waals surface area contributed by atoms with Gasteiger partial charge in [-0.2, -0.15) is 0 Å². The van der Waals surface area contributed by atoms with Crippen molar-refractivity contribution in [2.45, 2.75) is 32.7 Å². The topological polar surface area (TPSA) is 91.0 Å². The summed E-state index contributed by atoms with van der Waals surface area (Å²) in [5.41, 5.74) is 1.34. The zero-order valence-electron chi connectivity index (χ0n) is 17.2. The number of ether oxygens (including phenoxy) is 1. The first kappa shape index (κ1) is 22.4. The van der Waals surface area contributed by atoms with Crippen LogP contribution in [0.3, 0.4) is 0 Å². The van der Waals surface area contributed by atoms with Crippen LogP contribution in [0.2, 0.25) is 5.02 Å². The molecule has 8 nitrogen and oxygen atoms in total. The molecule has 3 rings (SSSR count). The quantitative estimate of drug-likeness (QED) is 0.651. The van der Waals surface area contributed by atoms with Gasteiger partial charge >= 0.3 is 18.0 Å². The average Bonchev–Trinajstić information content (AvgIpc) is 2.71. The Morgan fingerprint density at radius 3 is 2.48 bits per heavy atom. The Labute approximate surface area is 183 Å². The lowest BCUT2D eigenvalue weighted by Gasteiger charge is -2.42. The predicted octanol–water partition coefficient (Wildman–Crippen LogP) is 4.02. The third-order valence-electron chi connectivity index (χ3n) is 4.70. The summed E-state index contributed by atoms with van der Waals surface area (Å²) < 4.78 is 17.9. The number of nitrogens with one attached hydrogen (secondary N) is 2.